The zero-order valence-electron chi connectivity index (χ0n) is 16.3. The molecule has 3 aromatic rings. The molecule has 0 aliphatic carbocycles. The molecule has 2 aromatic carbocycles. The third-order valence-electron chi connectivity index (χ3n) is 3.89. The molecule has 160 valence electrons. The van der Waals surface area contributed by atoms with Gasteiger partial charge in [-0.25, -0.2) is 5.43 Å². The highest BCUT2D eigenvalue weighted by Gasteiger charge is 2.15. The van der Waals surface area contributed by atoms with Crippen molar-refractivity contribution in [3.8, 4) is 11.5 Å². The van der Waals surface area contributed by atoms with Crippen molar-refractivity contribution in [2.75, 3.05) is 13.7 Å². The summed E-state index contributed by atoms with van der Waals surface area (Å²) < 4.78 is 12.9. The van der Waals surface area contributed by atoms with E-state index >= 15 is 0 Å². The standard InChI is InChI=1S/C19H17BrN6O5/c1-30-17-6-5-13(7-14(17)10-25-12-21-19(24-25)26(28)29)9-22-23-18(27)11-31-16-4-2-3-15(20)8-16/h2-9,12H,10-11H2,1H3,(H,23,27). The number of benzene rings is 2. The molecule has 1 N–H and O–H groups in total. The number of ether oxygens (including phenoxy) is 2. The van der Waals surface area contributed by atoms with Crippen molar-refractivity contribution in [3.63, 3.8) is 0 Å². The van der Waals surface area contributed by atoms with Gasteiger partial charge >= 0.3 is 5.95 Å². The number of carbonyl (C=O) groups excluding carboxylic acids is 1. The van der Waals surface area contributed by atoms with Gasteiger partial charge in [0.25, 0.3) is 5.91 Å². The van der Waals surface area contributed by atoms with Gasteiger partial charge in [0.1, 0.15) is 11.5 Å². The summed E-state index contributed by atoms with van der Waals surface area (Å²) in [4.78, 5) is 25.6. The van der Waals surface area contributed by atoms with Gasteiger partial charge in [0, 0.05) is 15.1 Å². The van der Waals surface area contributed by atoms with E-state index in [0.29, 0.717) is 22.6 Å². The van der Waals surface area contributed by atoms with E-state index in [1.807, 2.05) is 6.07 Å². The number of nitro groups is 1. The Kier molecular flexibility index (Phi) is 7.27. The molecule has 3 rings (SSSR count). The lowest BCUT2D eigenvalue weighted by Crippen LogP contribution is -2.24. The predicted molar refractivity (Wildman–Crippen MR) is 114 cm³/mol. The molecule has 0 bridgehead atoms. The first-order valence-corrected chi connectivity index (χ1v) is 9.65. The number of aromatic nitrogens is 3. The normalized spacial score (nSPS) is 10.8. The number of amides is 1. The highest BCUT2D eigenvalue weighted by molar-refractivity contribution is 9.10. The molecule has 0 atom stereocenters. The monoisotopic (exact) mass is 488 g/mol. The second kappa shape index (κ2) is 10.3. The molecule has 31 heavy (non-hydrogen) atoms. The number of nitrogens with zero attached hydrogens (tertiary/aromatic N) is 5. The number of carbonyl (C=O) groups is 1. The van der Waals surface area contributed by atoms with Gasteiger partial charge in [-0.1, -0.05) is 27.0 Å². The van der Waals surface area contributed by atoms with Crippen LogP contribution in [0, 0.1) is 10.1 Å². The summed E-state index contributed by atoms with van der Waals surface area (Å²) >= 11 is 3.33. The van der Waals surface area contributed by atoms with Gasteiger partial charge in [-0.05, 0) is 46.9 Å². The van der Waals surface area contributed by atoms with Crippen LogP contribution in [0.2, 0.25) is 0 Å². The van der Waals surface area contributed by atoms with Crippen molar-refractivity contribution >= 4 is 34.0 Å². The van der Waals surface area contributed by atoms with Crippen molar-refractivity contribution < 1.29 is 19.2 Å². The largest absolute Gasteiger partial charge is 0.496 e. The maximum Gasteiger partial charge on any atom is 0.490 e. The van der Waals surface area contributed by atoms with Crippen molar-refractivity contribution in [3.05, 3.63) is 74.5 Å². The molecule has 1 heterocycles. The molecule has 0 fully saturated rings. The van der Waals surface area contributed by atoms with Crippen molar-refractivity contribution in [2.24, 2.45) is 5.10 Å². The fraction of sp³-hybridized carbons (Fsp3) is 0.158. The Labute approximate surface area is 185 Å². The number of hydrogen-bond acceptors (Lipinski definition) is 8. The number of methoxy groups -OCH3 is 1. The predicted octanol–water partition coefficient (Wildman–Crippen LogP) is 2.53. The highest BCUT2D eigenvalue weighted by atomic mass is 79.9. The van der Waals surface area contributed by atoms with E-state index in [9.17, 15) is 14.9 Å². The Morgan fingerprint density at radius 3 is 2.90 bits per heavy atom. The second-order valence-electron chi connectivity index (χ2n) is 6.11. The van der Waals surface area contributed by atoms with Crippen molar-refractivity contribution in [2.45, 2.75) is 6.54 Å². The minimum absolute atomic E-state index is 0.188. The Bertz CT molecular complexity index is 1120. The van der Waals surface area contributed by atoms with E-state index in [1.165, 1.54) is 24.3 Å². The van der Waals surface area contributed by atoms with Crippen LogP contribution in [0.4, 0.5) is 5.95 Å². The lowest BCUT2D eigenvalue weighted by molar-refractivity contribution is -0.394. The molecule has 1 amide bonds. The van der Waals surface area contributed by atoms with Gasteiger partial charge < -0.3 is 19.6 Å². The minimum Gasteiger partial charge on any atom is -0.496 e. The topological polar surface area (TPSA) is 134 Å². The molecule has 0 saturated heterocycles. The quantitative estimate of drug-likeness (QED) is 0.277. The van der Waals surface area contributed by atoms with Crippen LogP contribution in [0.25, 0.3) is 0 Å². The zero-order valence-corrected chi connectivity index (χ0v) is 17.9. The van der Waals surface area contributed by atoms with Crippen LogP contribution in [0.1, 0.15) is 11.1 Å². The maximum absolute atomic E-state index is 11.9. The smallest absolute Gasteiger partial charge is 0.490 e. The Morgan fingerprint density at radius 1 is 1.35 bits per heavy atom. The zero-order chi connectivity index (χ0) is 22.2. The molecule has 11 nitrogen and oxygen atoms in total. The van der Waals surface area contributed by atoms with E-state index in [-0.39, 0.29) is 13.2 Å². The van der Waals surface area contributed by atoms with Crippen LogP contribution in [0.5, 0.6) is 11.5 Å². The molecule has 0 aliphatic heterocycles. The van der Waals surface area contributed by atoms with E-state index in [4.69, 9.17) is 9.47 Å². The Balaban J connectivity index is 1.60. The third-order valence-corrected chi connectivity index (χ3v) is 4.39. The third kappa shape index (κ3) is 6.34. The molecule has 12 heteroatoms. The second-order valence-corrected chi connectivity index (χ2v) is 7.03. The average Bonchev–Trinajstić information content (AvgIpc) is 3.21. The molecule has 0 aliphatic rings. The summed E-state index contributed by atoms with van der Waals surface area (Å²) in [7, 11) is 1.52. The number of hydrazone groups is 1. The number of nitrogens with one attached hydrogen (secondary N) is 1. The van der Waals surface area contributed by atoms with E-state index < -0.39 is 16.8 Å². The van der Waals surface area contributed by atoms with Gasteiger partial charge in [0.15, 0.2) is 6.61 Å². The first-order chi connectivity index (χ1) is 14.9. The Hall–Kier alpha value is -3.80. The van der Waals surface area contributed by atoms with E-state index in [2.05, 4.69) is 36.5 Å². The highest BCUT2D eigenvalue weighted by Crippen LogP contribution is 2.21. The molecule has 0 spiro atoms. The van der Waals surface area contributed by atoms with Crippen molar-refractivity contribution in [1.29, 1.82) is 0 Å². The summed E-state index contributed by atoms with van der Waals surface area (Å²) in [5.41, 5.74) is 3.77. The fourth-order valence-corrected chi connectivity index (χ4v) is 2.92. The first kappa shape index (κ1) is 21.9. The summed E-state index contributed by atoms with van der Waals surface area (Å²) in [6, 6.07) is 12.4. The lowest BCUT2D eigenvalue weighted by Gasteiger charge is -2.08. The summed E-state index contributed by atoms with van der Waals surface area (Å²) in [6.45, 7) is 0.0191. The number of hydrogen-bond donors (Lipinski definition) is 1. The van der Waals surface area contributed by atoms with Crippen LogP contribution < -0.4 is 14.9 Å². The van der Waals surface area contributed by atoms with Gasteiger partial charge in [0.05, 0.1) is 19.9 Å². The van der Waals surface area contributed by atoms with Gasteiger partial charge in [-0.2, -0.15) is 9.78 Å². The molecule has 0 unspecified atom stereocenters. The molecule has 1 aromatic heterocycles. The molecular weight excluding hydrogens is 472 g/mol. The van der Waals surface area contributed by atoms with Crippen LogP contribution in [-0.4, -0.2) is 45.5 Å². The van der Waals surface area contributed by atoms with Crippen LogP contribution in [0.3, 0.4) is 0 Å². The number of halogens is 1. The van der Waals surface area contributed by atoms with Gasteiger partial charge in [0.2, 0.25) is 6.33 Å². The van der Waals surface area contributed by atoms with Crippen LogP contribution in [-0.2, 0) is 11.3 Å². The SMILES string of the molecule is COc1ccc(C=NNC(=O)COc2cccc(Br)c2)cc1Cn1cnc([N+](=O)[O-])n1. The minimum atomic E-state index is -0.667. The van der Waals surface area contributed by atoms with Gasteiger partial charge in [-0.15, -0.1) is 0 Å². The Morgan fingerprint density at radius 2 is 2.19 bits per heavy atom. The lowest BCUT2D eigenvalue weighted by atomic mass is 10.1. The number of rotatable bonds is 9. The summed E-state index contributed by atoms with van der Waals surface area (Å²) in [6.07, 6.45) is 2.73. The first-order valence-electron chi connectivity index (χ1n) is 8.85. The van der Waals surface area contributed by atoms with E-state index in [0.717, 1.165) is 4.47 Å². The van der Waals surface area contributed by atoms with Crippen LogP contribution in [0.15, 0.2) is 58.4 Å². The summed E-state index contributed by atoms with van der Waals surface area (Å²) in [5, 5.41) is 18.5. The van der Waals surface area contributed by atoms with Crippen LogP contribution >= 0.6 is 15.9 Å². The maximum atomic E-state index is 11.9. The van der Waals surface area contributed by atoms with Gasteiger partial charge in [-0.3, -0.25) is 4.79 Å². The molecule has 0 saturated carbocycles. The summed E-state index contributed by atoms with van der Waals surface area (Å²) in [5.74, 6) is 0.229. The fourth-order valence-electron chi connectivity index (χ4n) is 2.54. The average molecular weight is 489 g/mol. The van der Waals surface area contributed by atoms with E-state index in [1.54, 1.807) is 36.4 Å². The molecular formula is C19H17BrN6O5. The molecule has 0 radical (unpaired) electrons. The van der Waals surface area contributed by atoms with Crippen molar-refractivity contribution in [1.82, 2.24) is 20.2 Å².